The average Bonchev–Trinajstić information content (AvgIpc) is 2.97. The van der Waals surface area contributed by atoms with Gasteiger partial charge in [0.1, 0.15) is 11.3 Å². The van der Waals surface area contributed by atoms with Crippen molar-refractivity contribution in [2.45, 2.75) is 26.8 Å². The molecule has 0 spiro atoms. The van der Waals surface area contributed by atoms with Crippen LogP contribution in [0.2, 0.25) is 0 Å². The van der Waals surface area contributed by atoms with Gasteiger partial charge in [-0.15, -0.1) is 0 Å². The second-order valence-electron chi connectivity index (χ2n) is 7.44. The number of piperidine rings is 1. The summed E-state index contributed by atoms with van der Waals surface area (Å²) >= 11 is 0. The van der Waals surface area contributed by atoms with Gasteiger partial charge in [-0.05, 0) is 48.1 Å². The molecule has 0 aliphatic carbocycles. The minimum Gasteiger partial charge on any atom is -0.436 e. The van der Waals surface area contributed by atoms with E-state index < -0.39 is 0 Å². The third kappa shape index (κ3) is 3.45. The fourth-order valence-corrected chi connectivity index (χ4v) is 4.00. The topological polar surface area (TPSA) is 29.3 Å². The summed E-state index contributed by atoms with van der Waals surface area (Å²) in [5.74, 6) is 1.51. The van der Waals surface area contributed by atoms with Crippen LogP contribution in [0.25, 0.3) is 22.6 Å². The highest BCUT2D eigenvalue weighted by Gasteiger charge is 2.22. The summed E-state index contributed by atoms with van der Waals surface area (Å²) in [6.45, 7) is 7.85. The molecule has 2 unspecified atom stereocenters. The van der Waals surface area contributed by atoms with Gasteiger partial charge in [-0.1, -0.05) is 32.0 Å². The second kappa shape index (κ2) is 6.60. The molecular weight excluding hydrogens is 315 g/mol. The van der Waals surface area contributed by atoms with Crippen molar-refractivity contribution in [1.82, 2.24) is 9.88 Å². The maximum absolute atomic E-state index is 14.0. The summed E-state index contributed by atoms with van der Waals surface area (Å²) < 4.78 is 19.7. The first-order chi connectivity index (χ1) is 12.1. The summed E-state index contributed by atoms with van der Waals surface area (Å²) in [6.07, 6.45) is 1.31. The number of hydrogen-bond acceptors (Lipinski definition) is 3. The Bertz CT molecular complexity index is 878. The Balaban J connectivity index is 1.59. The molecule has 2 heterocycles. The van der Waals surface area contributed by atoms with Gasteiger partial charge in [0.25, 0.3) is 0 Å². The van der Waals surface area contributed by atoms with E-state index >= 15 is 0 Å². The lowest BCUT2D eigenvalue weighted by molar-refractivity contribution is 0.134. The van der Waals surface area contributed by atoms with Gasteiger partial charge < -0.3 is 4.42 Å². The average molecular weight is 338 g/mol. The van der Waals surface area contributed by atoms with Crippen LogP contribution >= 0.6 is 0 Å². The highest BCUT2D eigenvalue weighted by atomic mass is 19.1. The Morgan fingerprint density at radius 3 is 2.64 bits per heavy atom. The summed E-state index contributed by atoms with van der Waals surface area (Å²) in [5.41, 5.74) is 3.11. The van der Waals surface area contributed by atoms with Crippen molar-refractivity contribution >= 4 is 11.1 Å². The summed E-state index contributed by atoms with van der Waals surface area (Å²) in [5, 5.41) is 0. The quantitative estimate of drug-likeness (QED) is 0.664. The van der Waals surface area contributed by atoms with E-state index in [1.54, 1.807) is 18.2 Å². The molecule has 130 valence electrons. The third-order valence-electron chi connectivity index (χ3n) is 4.91. The molecule has 1 saturated heterocycles. The zero-order valence-electron chi connectivity index (χ0n) is 14.7. The van der Waals surface area contributed by atoms with Gasteiger partial charge in [-0.2, -0.15) is 0 Å². The van der Waals surface area contributed by atoms with Gasteiger partial charge in [0.15, 0.2) is 5.58 Å². The lowest BCUT2D eigenvalue weighted by Crippen LogP contribution is -2.38. The van der Waals surface area contributed by atoms with Crippen molar-refractivity contribution in [3.05, 3.63) is 53.8 Å². The van der Waals surface area contributed by atoms with Crippen molar-refractivity contribution in [3.63, 3.8) is 0 Å². The fraction of sp³-hybridized carbons (Fsp3) is 0.381. The minimum atomic E-state index is -0.314. The van der Waals surface area contributed by atoms with Gasteiger partial charge >= 0.3 is 0 Å². The summed E-state index contributed by atoms with van der Waals surface area (Å²) in [4.78, 5) is 7.01. The van der Waals surface area contributed by atoms with E-state index in [0.717, 1.165) is 37.0 Å². The number of likely N-dealkylation sites (tertiary alicyclic amines) is 1. The molecule has 0 saturated carbocycles. The van der Waals surface area contributed by atoms with Crippen molar-refractivity contribution in [1.29, 1.82) is 0 Å². The Morgan fingerprint density at radius 2 is 1.88 bits per heavy atom. The third-order valence-corrected chi connectivity index (χ3v) is 4.91. The van der Waals surface area contributed by atoms with Crippen LogP contribution in [0, 0.1) is 17.7 Å². The molecule has 1 fully saturated rings. The fourth-order valence-electron chi connectivity index (χ4n) is 4.00. The molecule has 3 aromatic rings. The molecule has 3 nitrogen and oxygen atoms in total. The van der Waals surface area contributed by atoms with Crippen LogP contribution in [-0.4, -0.2) is 23.0 Å². The largest absolute Gasteiger partial charge is 0.436 e. The van der Waals surface area contributed by atoms with Gasteiger partial charge in [0, 0.05) is 19.6 Å². The summed E-state index contributed by atoms with van der Waals surface area (Å²) in [6, 6.07) is 12.7. The van der Waals surface area contributed by atoms with Crippen LogP contribution in [0.1, 0.15) is 25.8 Å². The van der Waals surface area contributed by atoms with E-state index in [-0.39, 0.29) is 5.82 Å². The van der Waals surface area contributed by atoms with Gasteiger partial charge in [0.05, 0.1) is 5.56 Å². The van der Waals surface area contributed by atoms with E-state index in [4.69, 9.17) is 4.42 Å². The van der Waals surface area contributed by atoms with Crippen molar-refractivity contribution in [3.8, 4) is 11.5 Å². The molecule has 1 aliphatic heterocycles. The lowest BCUT2D eigenvalue weighted by Gasteiger charge is -2.34. The number of fused-ring (bicyclic) bond motifs is 1. The Morgan fingerprint density at radius 1 is 1.12 bits per heavy atom. The number of benzene rings is 2. The van der Waals surface area contributed by atoms with Crippen molar-refractivity contribution in [2.75, 3.05) is 13.1 Å². The number of hydrogen-bond donors (Lipinski definition) is 0. The van der Waals surface area contributed by atoms with E-state index in [0.29, 0.717) is 17.0 Å². The summed E-state index contributed by atoms with van der Waals surface area (Å²) in [7, 11) is 0. The predicted molar refractivity (Wildman–Crippen MR) is 97.6 cm³/mol. The molecule has 4 heteroatoms. The van der Waals surface area contributed by atoms with Crippen molar-refractivity contribution in [2.24, 2.45) is 11.8 Å². The van der Waals surface area contributed by atoms with E-state index in [2.05, 4.69) is 35.9 Å². The minimum absolute atomic E-state index is 0.314. The highest BCUT2D eigenvalue weighted by Crippen LogP contribution is 2.28. The normalized spacial score (nSPS) is 21.7. The monoisotopic (exact) mass is 338 g/mol. The number of nitrogens with zero attached hydrogens (tertiary/aromatic N) is 2. The molecule has 0 bridgehead atoms. The predicted octanol–water partition coefficient (Wildman–Crippen LogP) is 5.11. The van der Waals surface area contributed by atoms with E-state index in [9.17, 15) is 4.39 Å². The van der Waals surface area contributed by atoms with Crippen LogP contribution in [-0.2, 0) is 6.54 Å². The van der Waals surface area contributed by atoms with Crippen LogP contribution < -0.4 is 0 Å². The molecule has 2 aromatic carbocycles. The van der Waals surface area contributed by atoms with Crippen LogP contribution in [0.5, 0.6) is 0 Å². The van der Waals surface area contributed by atoms with Gasteiger partial charge in [-0.3, -0.25) is 4.90 Å². The molecule has 1 aromatic heterocycles. The lowest BCUT2D eigenvalue weighted by atomic mass is 9.91. The maximum atomic E-state index is 14.0. The van der Waals surface area contributed by atoms with Crippen LogP contribution in [0.4, 0.5) is 4.39 Å². The molecule has 1 aliphatic rings. The molecular formula is C21H23FN2O. The molecule has 2 atom stereocenters. The smallest absolute Gasteiger partial charge is 0.230 e. The standard InChI is InChI=1S/C21H23FN2O/c1-14-9-15(2)12-24(11-14)13-16-7-8-20-19(10-16)23-21(25-20)17-5-3-4-6-18(17)22/h3-8,10,14-15H,9,11-13H2,1-2H3. The molecule has 0 N–H and O–H groups in total. The maximum Gasteiger partial charge on any atom is 0.230 e. The molecule has 0 amide bonds. The Hall–Kier alpha value is -2.20. The van der Waals surface area contributed by atoms with Crippen molar-refractivity contribution < 1.29 is 8.81 Å². The van der Waals surface area contributed by atoms with E-state index in [1.807, 2.05) is 6.07 Å². The molecule has 0 radical (unpaired) electrons. The molecule has 25 heavy (non-hydrogen) atoms. The first kappa shape index (κ1) is 16.3. The first-order valence-corrected chi connectivity index (χ1v) is 8.95. The Kier molecular flexibility index (Phi) is 4.30. The molecule has 4 rings (SSSR count). The van der Waals surface area contributed by atoms with Crippen LogP contribution in [0.15, 0.2) is 46.9 Å². The number of rotatable bonds is 3. The Labute approximate surface area is 147 Å². The van der Waals surface area contributed by atoms with Gasteiger partial charge in [-0.25, -0.2) is 9.37 Å². The number of oxazole rings is 1. The van der Waals surface area contributed by atoms with Crippen LogP contribution in [0.3, 0.4) is 0 Å². The highest BCUT2D eigenvalue weighted by molar-refractivity contribution is 5.77. The second-order valence-corrected chi connectivity index (χ2v) is 7.44. The first-order valence-electron chi connectivity index (χ1n) is 8.95. The number of halogens is 1. The van der Waals surface area contributed by atoms with Gasteiger partial charge in [0.2, 0.25) is 5.89 Å². The number of aromatic nitrogens is 1. The SMILES string of the molecule is CC1CC(C)CN(Cc2ccc3oc(-c4ccccc4F)nc3c2)C1. The van der Waals surface area contributed by atoms with E-state index in [1.165, 1.54) is 18.1 Å². The zero-order valence-corrected chi connectivity index (χ0v) is 14.7. The zero-order chi connectivity index (χ0) is 17.4.